The molecule has 0 aromatic heterocycles. The minimum absolute atomic E-state index is 0.0121. The summed E-state index contributed by atoms with van der Waals surface area (Å²) in [5.74, 6) is -1.04. The highest BCUT2D eigenvalue weighted by molar-refractivity contribution is 7.47. The third-order valence-corrected chi connectivity index (χ3v) is 8.56. The molecule has 26 heteroatoms. The zero-order valence-corrected chi connectivity index (χ0v) is 30.2. The predicted molar refractivity (Wildman–Crippen MR) is 175 cm³/mol. The third kappa shape index (κ3) is 17.2. The van der Waals surface area contributed by atoms with Crippen molar-refractivity contribution in [2.24, 2.45) is 16.6 Å². The molecule has 0 aromatic carbocycles. The molecule has 9 N–H and O–H groups in total. The number of hydrogen-bond donors (Lipinski definition) is 7. The van der Waals surface area contributed by atoms with Crippen molar-refractivity contribution in [3.8, 4) is 0 Å². The minimum Gasteiger partial charge on any atom is -0.387 e. The molecule has 2 unspecified atom stereocenters. The van der Waals surface area contributed by atoms with E-state index in [2.05, 4.69) is 14.5 Å². The second-order valence-corrected chi connectivity index (χ2v) is 13.6. The van der Waals surface area contributed by atoms with Crippen LogP contribution in [0.2, 0.25) is 0 Å². The number of phosphoric ester groups is 2. The van der Waals surface area contributed by atoms with Gasteiger partial charge in [-0.15, -0.1) is 5.06 Å². The first-order valence-electron chi connectivity index (χ1n) is 16.2. The number of urea groups is 1. The van der Waals surface area contributed by atoms with Crippen LogP contribution in [-0.4, -0.2) is 156 Å². The van der Waals surface area contributed by atoms with Crippen LogP contribution in [0, 0.1) is 0 Å². The van der Waals surface area contributed by atoms with Gasteiger partial charge in [-0.2, -0.15) is 4.62 Å². The zero-order valence-electron chi connectivity index (χ0n) is 28.4. The molecule has 0 radical (unpaired) electrons. The van der Waals surface area contributed by atoms with Crippen LogP contribution < -0.4 is 11.5 Å². The lowest BCUT2D eigenvalue weighted by Crippen LogP contribution is -2.55. The van der Waals surface area contributed by atoms with E-state index in [4.69, 9.17) is 59.6 Å². The summed E-state index contributed by atoms with van der Waals surface area (Å²) in [6.07, 6.45) is -5.48. The van der Waals surface area contributed by atoms with Gasteiger partial charge < -0.3 is 60.0 Å². The highest BCUT2D eigenvalue weighted by Gasteiger charge is 2.50. The Morgan fingerprint density at radius 3 is 2.21 bits per heavy atom. The number of ether oxygens (including phenoxy) is 5. The van der Waals surface area contributed by atoms with Gasteiger partial charge in [-0.1, -0.05) is 18.0 Å². The SMILES string of the molecule is [N-]=[N+]=NCCOCCOCCOCCOCCC(=O)C(CCCCCN)OP(=O)(O)ON1C(=O)N([C@@H]2O[C@H](COP(=O)(O)O)[C@@H](O)[C@H]2O)CC=C1N. The number of carbonyl (C=O) groups excluding carboxylic acids is 2. The van der Waals surface area contributed by atoms with Gasteiger partial charge in [0.25, 0.3) is 0 Å². The van der Waals surface area contributed by atoms with Gasteiger partial charge in [0.15, 0.2) is 12.0 Å². The topological polar surface area (TPSA) is 351 Å². The molecule has 0 saturated carbocycles. The highest BCUT2D eigenvalue weighted by atomic mass is 31.2. The van der Waals surface area contributed by atoms with Gasteiger partial charge in [-0.05, 0) is 31.0 Å². The van der Waals surface area contributed by atoms with Gasteiger partial charge in [-0.25, -0.2) is 13.9 Å². The van der Waals surface area contributed by atoms with Gasteiger partial charge in [0.05, 0.1) is 59.5 Å². The zero-order chi connectivity index (χ0) is 38.6. The van der Waals surface area contributed by atoms with E-state index in [9.17, 15) is 33.8 Å². The average Bonchev–Trinajstić information content (AvgIpc) is 3.37. The standard InChI is InChI=1S/C26H49N7O17P2/c27-7-3-1-2-4-20(19(34)6-10-43-12-14-45-16-17-46-15-13-44-11-8-30-31-29)49-52(41,42)50-33-22(28)5-9-32(26(33)37)25-24(36)23(35)21(48-25)18-47-51(38,39)40/h5,20-21,23-25,35-36H,1-4,6-18,27-28H2,(H,41,42)(H2,38,39,40)/t20?,21-,23-,24-,25-/m1/s1. The summed E-state index contributed by atoms with van der Waals surface area (Å²) in [6, 6.07) is -1.23. The Hall–Kier alpha value is -2.31. The van der Waals surface area contributed by atoms with Crippen LogP contribution in [-0.2, 0) is 51.3 Å². The number of rotatable bonds is 29. The second kappa shape index (κ2) is 24.2. The molecule has 2 aliphatic rings. The van der Waals surface area contributed by atoms with E-state index in [1.807, 2.05) is 0 Å². The normalized spacial score (nSPS) is 22.6. The summed E-state index contributed by atoms with van der Waals surface area (Å²) in [7, 11) is -10.2. The van der Waals surface area contributed by atoms with Crippen LogP contribution in [0.5, 0.6) is 0 Å². The van der Waals surface area contributed by atoms with Crippen molar-refractivity contribution in [3.63, 3.8) is 0 Å². The summed E-state index contributed by atoms with van der Waals surface area (Å²) in [5, 5.41) is 24.3. The van der Waals surface area contributed by atoms with Crippen molar-refractivity contribution >= 4 is 27.5 Å². The maximum absolute atomic E-state index is 13.3. The molecule has 52 heavy (non-hydrogen) atoms. The van der Waals surface area contributed by atoms with E-state index in [1.165, 1.54) is 0 Å². The van der Waals surface area contributed by atoms with Crippen molar-refractivity contribution in [1.29, 1.82) is 0 Å². The molecule has 300 valence electrons. The van der Waals surface area contributed by atoms with E-state index in [-0.39, 0.29) is 57.4 Å². The first-order valence-corrected chi connectivity index (χ1v) is 19.3. The Kier molecular flexibility index (Phi) is 21.3. The van der Waals surface area contributed by atoms with Gasteiger partial charge in [0, 0.05) is 24.4 Å². The number of azide groups is 1. The fraction of sp³-hybridized carbons (Fsp3) is 0.846. The largest absolute Gasteiger partial charge is 0.495 e. The number of nitrogens with zero attached hydrogens (tertiary/aromatic N) is 5. The summed E-state index contributed by atoms with van der Waals surface area (Å²) in [6.45, 7) is 1.32. The number of nitrogens with two attached hydrogens (primary N) is 2. The van der Waals surface area contributed by atoms with Gasteiger partial charge >= 0.3 is 21.7 Å². The fourth-order valence-corrected chi connectivity index (χ4v) is 5.92. The number of amides is 2. The van der Waals surface area contributed by atoms with E-state index < -0.39 is 70.5 Å². The fourth-order valence-electron chi connectivity index (χ4n) is 4.62. The quantitative estimate of drug-likeness (QED) is 0.0163. The smallest absolute Gasteiger partial charge is 0.387 e. The van der Waals surface area contributed by atoms with Crippen LogP contribution in [0.1, 0.15) is 32.1 Å². The average molecular weight is 794 g/mol. The van der Waals surface area contributed by atoms with Crippen LogP contribution in [0.15, 0.2) is 17.0 Å². The number of ketones is 1. The summed E-state index contributed by atoms with van der Waals surface area (Å²) in [4.78, 5) is 58.1. The minimum atomic E-state index is -5.25. The van der Waals surface area contributed by atoms with Crippen LogP contribution in [0.25, 0.3) is 10.4 Å². The molecule has 2 heterocycles. The van der Waals surface area contributed by atoms with E-state index >= 15 is 0 Å². The Bertz CT molecular complexity index is 1270. The molecular formula is C26H49N7O17P2. The predicted octanol–water partition coefficient (Wildman–Crippen LogP) is -0.648. The molecule has 2 amide bonds. The van der Waals surface area contributed by atoms with E-state index in [1.54, 1.807) is 0 Å². The molecule has 0 bridgehead atoms. The Labute approximate surface area is 299 Å². The Morgan fingerprint density at radius 2 is 1.62 bits per heavy atom. The lowest BCUT2D eigenvalue weighted by Gasteiger charge is -2.37. The molecule has 1 fully saturated rings. The number of phosphoric acid groups is 2. The number of Topliss-reactive ketones (excluding diaryl/α,β-unsaturated/α-hetero) is 1. The lowest BCUT2D eigenvalue weighted by molar-refractivity contribution is -0.130. The molecule has 6 atom stereocenters. The van der Waals surface area contributed by atoms with E-state index in [0.29, 0.717) is 52.2 Å². The van der Waals surface area contributed by atoms with E-state index in [0.717, 1.165) is 11.0 Å². The molecule has 0 spiro atoms. The molecule has 0 aromatic rings. The molecule has 24 nitrogen and oxygen atoms in total. The summed E-state index contributed by atoms with van der Waals surface area (Å²) in [5.41, 5.74) is 19.5. The number of aliphatic hydroxyl groups is 2. The monoisotopic (exact) mass is 793 g/mol. The summed E-state index contributed by atoms with van der Waals surface area (Å²) >= 11 is 0. The van der Waals surface area contributed by atoms with Crippen LogP contribution in [0.4, 0.5) is 4.79 Å². The molecule has 2 aliphatic heterocycles. The second-order valence-electron chi connectivity index (χ2n) is 11.1. The summed E-state index contributed by atoms with van der Waals surface area (Å²) < 4.78 is 65.4. The van der Waals surface area contributed by atoms with Crippen molar-refractivity contribution in [2.75, 3.05) is 79.1 Å². The van der Waals surface area contributed by atoms with Crippen molar-refractivity contribution in [3.05, 3.63) is 22.3 Å². The number of aliphatic hydroxyl groups excluding tert-OH is 2. The Balaban J connectivity index is 1.86. The van der Waals surface area contributed by atoms with Gasteiger partial charge in [0.1, 0.15) is 30.2 Å². The van der Waals surface area contributed by atoms with Crippen LogP contribution in [0.3, 0.4) is 0 Å². The number of hydrogen-bond acceptors (Lipinski definition) is 17. The third-order valence-electron chi connectivity index (χ3n) is 7.18. The molecule has 0 aliphatic carbocycles. The number of carbonyl (C=O) groups is 2. The lowest BCUT2D eigenvalue weighted by atomic mass is 10.1. The van der Waals surface area contributed by atoms with Crippen LogP contribution >= 0.6 is 15.6 Å². The first kappa shape index (κ1) is 45.8. The van der Waals surface area contributed by atoms with Crippen molar-refractivity contribution < 1.29 is 81.0 Å². The van der Waals surface area contributed by atoms with Gasteiger partial charge in [-0.3, -0.25) is 18.7 Å². The Morgan fingerprint density at radius 1 is 1.00 bits per heavy atom. The van der Waals surface area contributed by atoms with Gasteiger partial charge in [0.2, 0.25) is 0 Å². The van der Waals surface area contributed by atoms with Crippen molar-refractivity contribution in [1.82, 2.24) is 9.96 Å². The highest BCUT2D eigenvalue weighted by Crippen LogP contribution is 2.48. The molecule has 1 saturated heterocycles. The van der Waals surface area contributed by atoms with Crippen molar-refractivity contribution in [2.45, 2.75) is 62.7 Å². The molecular weight excluding hydrogens is 744 g/mol. The molecule has 2 rings (SSSR count). The maximum Gasteiger partial charge on any atom is 0.495 e. The first-order chi connectivity index (χ1) is 24.7. The number of unbranched alkanes of at least 4 members (excludes halogenated alkanes) is 2. The number of hydroxylamine groups is 2. The maximum atomic E-state index is 13.3.